The first-order valence-corrected chi connectivity index (χ1v) is 9.03. The number of benzene rings is 1. The average molecular weight is 362 g/mol. The first-order chi connectivity index (χ1) is 12.4. The molecule has 0 saturated carbocycles. The quantitative estimate of drug-likeness (QED) is 0.737. The Morgan fingerprint density at radius 1 is 1.19 bits per heavy atom. The number of nitrogens with zero attached hydrogens (tertiary/aromatic N) is 2. The lowest BCUT2D eigenvalue weighted by atomic mass is 10.1. The van der Waals surface area contributed by atoms with Gasteiger partial charge in [0.2, 0.25) is 0 Å². The van der Waals surface area contributed by atoms with Crippen LogP contribution in [0.25, 0.3) is 0 Å². The first kappa shape index (κ1) is 20.2. The van der Waals surface area contributed by atoms with Gasteiger partial charge in [-0.05, 0) is 37.6 Å². The van der Waals surface area contributed by atoms with Crippen LogP contribution in [0.15, 0.2) is 18.2 Å². The van der Waals surface area contributed by atoms with E-state index in [9.17, 15) is 9.59 Å². The maximum atomic E-state index is 12.1. The maximum absolute atomic E-state index is 12.1. The van der Waals surface area contributed by atoms with Crippen molar-refractivity contribution in [2.75, 3.05) is 58.7 Å². The minimum Gasteiger partial charge on any atom is -0.495 e. The van der Waals surface area contributed by atoms with Crippen LogP contribution < -0.4 is 15.4 Å². The fourth-order valence-corrected chi connectivity index (χ4v) is 2.98. The third kappa shape index (κ3) is 6.00. The standard InChI is InChI=1S/C19H30N4O3/c1-14-5-6-17(26-4)16(11-14)21-19(25)18(24)20-12-15(2)13-23-9-7-22(3)8-10-23/h5-6,11,15H,7-10,12-13H2,1-4H3,(H,20,24)(H,21,25). The Morgan fingerprint density at radius 3 is 2.54 bits per heavy atom. The number of carbonyl (C=O) groups excluding carboxylic acids is 2. The van der Waals surface area contributed by atoms with Gasteiger partial charge in [0.25, 0.3) is 0 Å². The molecule has 2 amide bonds. The van der Waals surface area contributed by atoms with Crippen molar-refractivity contribution in [3.8, 4) is 5.75 Å². The summed E-state index contributed by atoms with van der Waals surface area (Å²) < 4.78 is 5.22. The zero-order chi connectivity index (χ0) is 19.1. The van der Waals surface area contributed by atoms with Gasteiger partial charge in [0.15, 0.2) is 0 Å². The lowest BCUT2D eigenvalue weighted by molar-refractivity contribution is -0.136. The van der Waals surface area contributed by atoms with Crippen LogP contribution >= 0.6 is 0 Å². The summed E-state index contributed by atoms with van der Waals surface area (Å²) in [7, 11) is 3.66. The molecule has 0 bridgehead atoms. The molecular weight excluding hydrogens is 332 g/mol. The summed E-state index contributed by atoms with van der Waals surface area (Å²) in [5.41, 5.74) is 1.47. The zero-order valence-corrected chi connectivity index (χ0v) is 16.2. The van der Waals surface area contributed by atoms with Crippen LogP contribution in [-0.2, 0) is 9.59 Å². The van der Waals surface area contributed by atoms with E-state index in [1.165, 1.54) is 7.11 Å². The van der Waals surface area contributed by atoms with Gasteiger partial charge in [-0.15, -0.1) is 0 Å². The van der Waals surface area contributed by atoms with Crippen LogP contribution in [0.1, 0.15) is 12.5 Å². The normalized spacial score (nSPS) is 16.8. The van der Waals surface area contributed by atoms with Crippen molar-refractivity contribution in [2.45, 2.75) is 13.8 Å². The molecule has 1 aromatic rings. The number of piperazine rings is 1. The van der Waals surface area contributed by atoms with Gasteiger partial charge in [0, 0.05) is 39.3 Å². The molecule has 144 valence electrons. The Hall–Kier alpha value is -2.12. The smallest absolute Gasteiger partial charge is 0.313 e. The number of anilines is 1. The van der Waals surface area contributed by atoms with Gasteiger partial charge >= 0.3 is 11.8 Å². The van der Waals surface area contributed by atoms with Gasteiger partial charge < -0.3 is 25.2 Å². The van der Waals surface area contributed by atoms with Crippen LogP contribution in [0.3, 0.4) is 0 Å². The van der Waals surface area contributed by atoms with E-state index in [1.54, 1.807) is 12.1 Å². The fraction of sp³-hybridized carbons (Fsp3) is 0.579. The van der Waals surface area contributed by atoms with Crippen molar-refractivity contribution in [2.24, 2.45) is 5.92 Å². The first-order valence-electron chi connectivity index (χ1n) is 9.03. The van der Waals surface area contributed by atoms with E-state index in [2.05, 4.69) is 34.4 Å². The number of rotatable bonds is 6. The van der Waals surface area contributed by atoms with Crippen LogP contribution in [0.5, 0.6) is 5.75 Å². The highest BCUT2D eigenvalue weighted by atomic mass is 16.5. The van der Waals surface area contributed by atoms with Crippen molar-refractivity contribution in [1.82, 2.24) is 15.1 Å². The van der Waals surface area contributed by atoms with Crippen LogP contribution in [-0.4, -0.2) is 75.0 Å². The molecule has 26 heavy (non-hydrogen) atoms. The Morgan fingerprint density at radius 2 is 1.88 bits per heavy atom. The van der Waals surface area contributed by atoms with Gasteiger partial charge in [-0.1, -0.05) is 13.0 Å². The minimum absolute atomic E-state index is 0.281. The molecule has 1 atom stereocenters. The van der Waals surface area contributed by atoms with Gasteiger partial charge in [-0.2, -0.15) is 0 Å². The van der Waals surface area contributed by atoms with E-state index >= 15 is 0 Å². The lowest BCUT2D eigenvalue weighted by Crippen LogP contribution is -2.47. The molecule has 0 aromatic heterocycles. The summed E-state index contributed by atoms with van der Waals surface area (Å²) in [6.07, 6.45) is 0. The van der Waals surface area contributed by atoms with Crippen molar-refractivity contribution >= 4 is 17.5 Å². The van der Waals surface area contributed by atoms with E-state index in [4.69, 9.17) is 4.74 Å². The summed E-state index contributed by atoms with van der Waals surface area (Å²) in [6.45, 7) is 9.62. The number of methoxy groups -OCH3 is 1. The Labute approximate surface area is 155 Å². The van der Waals surface area contributed by atoms with E-state index in [-0.39, 0.29) is 5.92 Å². The molecule has 1 fully saturated rings. The number of carbonyl (C=O) groups is 2. The summed E-state index contributed by atoms with van der Waals surface area (Å²) in [5.74, 6) is -0.497. The van der Waals surface area contributed by atoms with Gasteiger partial charge in [-0.25, -0.2) is 0 Å². The zero-order valence-electron chi connectivity index (χ0n) is 16.2. The van der Waals surface area contributed by atoms with Crippen molar-refractivity contribution in [1.29, 1.82) is 0 Å². The Bertz CT molecular complexity index is 627. The SMILES string of the molecule is COc1ccc(C)cc1NC(=O)C(=O)NCC(C)CN1CCN(C)CC1. The van der Waals surface area contributed by atoms with Gasteiger partial charge in [0.1, 0.15) is 5.75 Å². The molecule has 1 aromatic carbocycles. The van der Waals surface area contributed by atoms with E-state index < -0.39 is 11.8 Å². The van der Waals surface area contributed by atoms with Crippen molar-refractivity contribution in [3.05, 3.63) is 23.8 Å². The highest BCUT2D eigenvalue weighted by molar-refractivity contribution is 6.39. The molecule has 2 rings (SSSR count). The Balaban J connectivity index is 1.78. The highest BCUT2D eigenvalue weighted by Gasteiger charge is 2.19. The van der Waals surface area contributed by atoms with E-state index in [0.717, 1.165) is 38.3 Å². The number of amides is 2. The molecular formula is C19H30N4O3. The number of hydrogen-bond acceptors (Lipinski definition) is 5. The summed E-state index contributed by atoms with van der Waals surface area (Å²) in [5, 5.41) is 5.34. The third-order valence-electron chi connectivity index (χ3n) is 4.59. The molecule has 7 nitrogen and oxygen atoms in total. The van der Waals surface area contributed by atoms with E-state index in [0.29, 0.717) is 18.0 Å². The maximum Gasteiger partial charge on any atom is 0.313 e. The molecule has 0 radical (unpaired) electrons. The predicted molar refractivity (Wildman–Crippen MR) is 102 cm³/mol. The molecule has 1 aliphatic heterocycles. The highest BCUT2D eigenvalue weighted by Crippen LogP contribution is 2.24. The molecule has 7 heteroatoms. The predicted octanol–water partition coefficient (Wildman–Crippen LogP) is 0.942. The summed E-state index contributed by atoms with van der Waals surface area (Å²) >= 11 is 0. The molecule has 0 spiro atoms. The monoisotopic (exact) mass is 362 g/mol. The third-order valence-corrected chi connectivity index (χ3v) is 4.59. The molecule has 2 N–H and O–H groups in total. The second-order valence-corrected chi connectivity index (χ2v) is 7.08. The van der Waals surface area contributed by atoms with Gasteiger partial charge in [-0.3, -0.25) is 9.59 Å². The Kier molecular flexibility index (Phi) is 7.41. The summed E-state index contributed by atoms with van der Waals surface area (Å²) in [4.78, 5) is 28.9. The molecule has 0 aliphatic carbocycles. The topological polar surface area (TPSA) is 73.9 Å². The molecule has 1 aliphatic rings. The van der Waals surface area contributed by atoms with E-state index in [1.807, 2.05) is 13.0 Å². The van der Waals surface area contributed by atoms with Crippen LogP contribution in [0.2, 0.25) is 0 Å². The second kappa shape index (κ2) is 9.54. The number of hydrogen-bond donors (Lipinski definition) is 2. The molecule has 1 saturated heterocycles. The van der Waals surface area contributed by atoms with Crippen molar-refractivity contribution in [3.63, 3.8) is 0 Å². The van der Waals surface area contributed by atoms with Crippen LogP contribution in [0.4, 0.5) is 5.69 Å². The fourth-order valence-electron chi connectivity index (χ4n) is 2.98. The summed E-state index contributed by atoms with van der Waals surface area (Å²) in [6, 6.07) is 5.43. The second-order valence-electron chi connectivity index (χ2n) is 7.08. The lowest BCUT2D eigenvalue weighted by Gasteiger charge is -2.33. The molecule has 1 unspecified atom stereocenters. The number of likely N-dealkylation sites (N-methyl/N-ethyl adjacent to an activating group) is 1. The molecule has 1 heterocycles. The number of aryl methyl sites for hydroxylation is 1. The van der Waals surface area contributed by atoms with Crippen molar-refractivity contribution < 1.29 is 14.3 Å². The minimum atomic E-state index is -0.680. The largest absolute Gasteiger partial charge is 0.495 e. The number of nitrogens with one attached hydrogen (secondary N) is 2. The van der Waals surface area contributed by atoms with Crippen LogP contribution in [0, 0.1) is 12.8 Å². The number of ether oxygens (including phenoxy) is 1. The van der Waals surface area contributed by atoms with Gasteiger partial charge in [0.05, 0.1) is 12.8 Å². The average Bonchev–Trinajstić information content (AvgIpc) is 2.61.